The fourth-order valence-corrected chi connectivity index (χ4v) is 1.78. The number of carbonyl (C=O) groups is 2. The van der Waals surface area contributed by atoms with E-state index in [1.165, 1.54) is 6.07 Å². The van der Waals surface area contributed by atoms with Crippen molar-refractivity contribution < 1.29 is 14.7 Å². The van der Waals surface area contributed by atoms with Gasteiger partial charge in [0.05, 0.1) is 11.3 Å². The van der Waals surface area contributed by atoms with Crippen molar-refractivity contribution in [2.75, 3.05) is 31.3 Å². The average molecular weight is 265 g/mol. The first-order valence-corrected chi connectivity index (χ1v) is 6.00. The molecule has 0 spiro atoms. The van der Waals surface area contributed by atoms with E-state index in [-0.39, 0.29) is 11.5 Å². The van der Waals surface area contributed by atoms with Gasteiger partial charge >= 0.3 is 5.97 Å². The summed E-state index contributed by atoms with van der Waals surface area (Å²) < 4.78 is 0. The molecule has 0 aromatic heterocycles. The monoisotopic (exact) mass is 265 g/mol. The Bertz CT molecular complexity index is 474. The highest BCUT2D eigenvalue weighted by molar-refractivity contribution is 5.95. The molecule has 4 N–H and O–H groups in total. The molecule has 0 bridgehead atoms. The second-order valence-corrected chi connectivity index (χ2v) is 4.28. The highest BCUT2D eigenvalue weighted by Gasteiger charge is 2.13. The molecule has 0 heterocycles. The molecular formula is C13H19N3O3. The van der Waals surface area contributed by atoms with Crippen LogP contribution < -0.4 is 16.0 Å². The van der Waals surface area contributed by atoms with Crippen molar-refractivity contribution in [3.8, 4) is 0 Å². The number of amides is 1. The van der Waals surface area contributed by atoms with E-state index < -0.39 is 5.97 Å². The summed E-state index contributed by atoms with van der Waals surface area (Å²) in [5, 5.41) is 11.7. The lowest BCUT2D eigenvalue weighted by molar-refractivity contribution is -0.120. The van der Waals surface area contributed by atoms with Gasteiger partial charge in [-0.05, 0) is 24.6 Å². The van der Waals surface area contributed by atoms with Gasteiger partial charge in [0.15, 0.2) is 0 Å². The van der Waals surface area contributed by atoms with Crippen molar-refractivity contribution in [2.24, 2.45) is 0 Å². The number of aromatic carboxylic acids is 1. The van der Waals surface area contributed by atoms with E-state index in [0.29, 0.717) is 30.8 Å². The van der Waals surface area contributed by atoms with E-state index >= 15 is 0 Å². The average Bonchev–Trinajstić information content (AvgIpc) is 2.38. The molecule has 0 aliphatic rings. The molecule has 0 fully saturated rings. The quantitative estimate of drug-likeness (QED) is 0.665. The topological polar surface area (TPSA) is 95.7 Å². The summed E-state index contributed by atoms with van der Waals surface area (Å²) in [6.45, 7) is 0.595. The summed E-state index contributed by atoms with van der Waals surface area (Å²) >= 11 is 0. The van der Waals surface area contributed by atoms with Gasteiger partial charge in [0.1, 0.15) is 0 Å². The number of carboxylic acid groups (broad SMARTS) is 1. The molecule has 0 aliphatic carbocycles. The predicted octanol–water partition coefficient (Wildman–Crippen LogP) is 0.929. The zero-order valence-electron chi connectivity index (χ0n) is 11.1. The van der Waals surface area contributed by atoms with Crippen LogP contribution in [0.15, 0.2) is 18.2 Å². The van der Waals surface area contributed by atoms with Gasteiger partial charge in [-0.25, -0.2) is 4.79 Å². The number of nitrogen functional groups attached to an aromatic ring is 1. The van der Waals surface area contributed by atoms with E-state index in [9.17, 15) is 9.59 Å². The first-order chi connectivity index (χ1) is 8.95. The van der Waals surface area contributed by atoms with Gasteiger partial charge in [0, 0.05) is 32.7 Å². The summed E-state index contributed by atoms with van der Waals surface area (Å²) in [5.41, 5.74) is 6.77. The zero-order chi connectivity index (χ0) is 14.4. The summed E-state index contributed by atoms with van der Waals surface area (Å²) in [6, 6.07) is 4.78. The SMILES string of the molecule is CNC(=O)CCCN(C)c1ccc(N)cc1C(=O)O. The molecule has 1 aromatic carbocycles. The Labute approximate surface area is 112 Å². The molecular weight excluding hydrogens is 246 g/mol. The van der Waals surface area contributed by atoms with Crippen LogP contribution in [0.5, 0.6) is 0 Å². The number of carboxylic acids is 1. The molecule has 19 heavy (non-hydrogen) atoms. The fourth-order valence-electron chi connectivity index (χ4n) is 1.78. The third-order valence-corrected chi connectivity index (χ3v) is 2.84. The van der Waals surface area contributed by atoms with E-state index in [4.69, 9.17) is 10.8 Å². The van der Waals surface area contributed by atoms with Crippen molar-refractivity contribution in [2.45, 2.75) is 12.8 Å². The molecule has 0 aliphatic heterocycles. The van der Waals surface area contributed by atoms with E-state index in [0.717, 1.165) is 0 Å². The lowest BCUT2D eigenvalue weighted by Gasteiger charge is -2.21. The first kappa shape index (κ1) is 14.8. The Morgan fingerprint density at radius 2 is 2.11 bits per heavy atom. The summed E-state index contributed by atoms with van der Waals surface area (Å²) in [4.78, 5) is 24.1. The number of nitrogens with one attached hydrogen (secondary N) is 1. The van der Waals surface area contributed by atoms with Crippen LogP contribution >= 0.6 is 0 Å². The van der Waals surface area contributed by atoms with Crippen LogP contribution in [0.3, 0.4) is 0 Å². The third-order valence-electron chi connectivity index (χ3n) is 2.84. The summed E-state index contributed by atoms with van der Waals surface area (Å²) in [5.74, 6) is -1.04. The van der Waals surface area contributed by atoms with Crippen LogP contribution in [-0.4, -0.2) is 37.6 Å². The van der Waals surface area contributed by atoms with E-state index in [2.05, 4.69) is 5.32 Å². The highest BCUT2D eigenvalue weighted by atomic mass is 16.4. The molecule has 1 aromatic rings. The third kappa shape index (κ3) is 4.17. The highest BCUT2D eigenvalue weighted by Crippen LogP contribution is 2.22. The number of nitrogens with two attached hydrogens (primary N) is 1. The maximum atomic E-state index is 11.2. The molecule has 1 amide bonds. The van der Waals surface area contributed by atoms with Crippen molar-refractivity contribution in [1.29, 1.82) is 0 Å². The van der Waals surface area contributed by atoms with Crippen molar-refractivity contribution in [1.82, 2.24) is 5.32 Å². The fraction of sp³-hybridized carbons (Fsp3) is 0.385. The Morgan fingerprint density at radius 1 is 1.42 bits per heavy atom. The largest absolute Gasteiger partial charge is 0.478 e. The molecule has 0 saturated heterocycles. The van der Waals surface area contributed by atoms with Crippen LogP contribution in [0.2, 0.25) is 0 Å². The first-order valence-electron chi connectivity index (χ1n) is 6.00. The number of rotatable bonds is 6. The van der Waals surface area contributed by atoms with Gasteiger partial charge in [0.2, 0.25) is 5.91 Å². The Hall–Kier alpha value is -2.24. The minimum absolute atomic E-state index is 0.0239. The Balaban J connectivity index is 2.73. The Kier molecular flexibility index (Phi) is 5.17. The number of hydrogen-bond donors (Lipinski definition) is 3. The number of hydrogen-bond acceptors (Lipinski definition) is 4. The lowest BCUT2D eigenvalue weighted by Crippen LogP contribution is -2.24. The van der Waals surface area contributed by atoms with Crippen molar-refractivity contribution in [3.63, 3.8) is 0 Å². The number of anilines is 2. The molecule has 6 heteroatoms. The standard InChI is InChI=1S/C13H19N3O3/c1-15-12(17)4-3-7-16(2)11-6-5-9(14)8-10(11)13(18)19/h5-6,8H,3-4,7,14H2,1-2H3,(H,15,17)(H,18,19). The molecule has 6 nitrogen and oxygen atoms in total. The number of carbonyl (C=O) groups excluding carboxylic acids is 1. The molecule has 0 atom stereocenters. The minimum Gasteiger partial charge on any atom is -0.478 e. The second kappa shape index (κ2) is 6.63. The maximum Gasteiger partial charge on any atom is 0.337 e. The molecule has 1 rings (SSSR count). The van der Waals surface area contributed by atoms with Crippen LogP contribution in [0.4, 0.5) is 11.4 Å². The summed E-state index contributed by atoms with van der Waals surface area (Å²) in [6.07, 6.45) is 1.07. The molecule has 0 unspecified atom stereocenters. The van der Waals surface area contributed by atoms with Crippen LogP contribution in [0, 0.1) is 0 Å². The van der Waals surface area contributed by atoms with Crippen LogP contribution in [0.1, 0.15) is 23.2 Å². The van der Waals surface area contributed by atoms with Gasteiger partial charge < -0.3 is 21.1 Å². The van der Waals surface area contributed by atoms with Crippen LogP contribution in [0.25, 0.3) is 0 Å². The smallest absolute Gasteiger partial charge is 0.337 e. The number of benzene rings is 1. The molecule has 0 radical (unpaired) electrons. The van der Waals surface area contributed by atoms with E-state index in [1.54, 1.807) is 26.2 Å². The predicted molar refractivity (Wildman–Crippen MR) is 74.4 cm³/mol. The van der Waals surface area contributed by atoms with Gasteiger partial charge in [0.25, 0.3) is 0 Å². The van der Waals surface area contributed by atoms with E-state index in [1.807, 2.05) is 4.90 Å². The van der Waals surface area contributed by atoms with Crippen molar-refractivity contribution >= 4 is 23.3 Å². The van der Waals surface area contributed by atoms with Gasteiger partial charge in [-0.3, -0.25) is 4.79 Å². The number of nitrogens with zero attached hydrogens (tertiary/aromatic N) is 1. The lowest BCUT2D eigenvalue weighted by atomic mass is 10.1. The van der Waals surface area contributed by atoms with Gasteiger partial charge in [-0.15, -0.1) is 0 Å². The van der Waals surface area contributed by atoms with Gasteiger partial charge in [-0.1, -0.05) is 0 Å². The maximum absolute atomic E-state index is 11.2. The normalized spacial score (nSPS) is 10.0. The minimum atomic E-state index is -1.01. The van der Waals surface area contributed by atoms with Crippen LogP contribution in [-0.2, 0) is 4.79 Å². The second-order valence-electron chi connectivity index (χ2n) is 4.28. The summed E-state index contributed by atoms with van der Waals surface area (Å²) in [7, 11) is 3.39. The zero-order valence-corrected chi connectivity index (χ0v) is 11.1. The molecule has 0 saturated carbocycles. The molecule has 104 valence electrons. The Morgan fingerprint density at radius 3 is 2.68 bits per heavy atom. The van der Waals surface area contributed by atoms with Crippen molar-refractivity contribution in [3.05, 3.63) is 23.8 Å². The van der Waals surface area contributed by atoms with Gasteiger partial charge in [-0.2, -0.15) is 0 Å².